The molecule has 0 bridgehead atoms. The first kappa shape index (κ1) is 15.2. The monoisotopic (exact) mass is 268 g/mol. The Balaban J connectivity index is 2.83. The van der Waals surface area contributed by atoms with Gasteiger partial charge in [0.15, 0.2) is 0 Å². The molecule has 106 valence electrons. The lowest BCUT2D eigenvalue weighted by molar-refractivity contribution is -0.143. The molecule has 0 saturated heterocycles. The molecule has 1 heterocycles. The van der Waals surface area contributed by atoms with E-state index in [0.29, 0.717) is 25.3 Å². The van der Waals surface area contributed by atoms with E-state index in [1.165, 1.54) is 6.92 Å². The largest absolute Gasteiger partial charge is 0.480 e. The number of carbonyl (C=O) groups excluding carboxylic acids is 1. The van der Waals surface area contributed by atoms with Crippen molar-refractivity contribution in [3.8, 4) is 0 Å². The van der Waals surface area contributed by atoms with Crippen molar-refractivity contribution in [2.45, 2.75) is 32.4 Å². The molecule has 1 atom stereocenters. The van der Waals surface area contributed by atoms with Crippen LogP contribution in [0.5, 0.6) is 0 Å². The highest BCUT2D eigenvalue weighted by Gasteiger charge is 2.33. The molecule has 1 rings (SSSR count). The van der Waals surface area contributed by atoms with Crippen molar-refractivity contribution in [2.24, 2.45) is 0 Å². The van der Waals surface area contributed by atoms with E-state index < -0.39 is 17.4 Å². The maximum Gasteiger partial charge on any atom is 0.329 e. The molecule has 0 aliphatic rings. The van der Waals surface area contributed by atoms with E-state index in [0.717, 1.165) is 0 Å². The molecule has 6 heteroatoms. The number of aliphatic carboxylic acids is 1. The highest BCUT2D eigenvalue weighted by molar-refractivity contribution is 5.96. The molecule has 1 unspecified atom stereocenters. The number of nitrogens with one attached hydrogen (secondary N) is 1. The summed E-state index contributed by atoms with van der Waals surface area (Å²) in [7, 11) is 1.59. The summed E-state index contributed by atoms with van der Waals surface area (Å²) in [5.41, 5.74) is -0.828. The summed E-state index contributed by atoms with van der Waals surface area (Å²) in [5, 5.41) is 11.7. The first-order valence-electron chi connectivity index (χ1n) is 6.14. The van der Waals surface area contributed by atoms with Crippen molar-refractivity contribution < 1.29 is 19.4 Å². The Morgan fingerprint density at radius 2 is 2.21 bits per heavy atom. The smallest absolute Gasteiger partial charge is 0.329 e. The Morgan fingerprint density at radius 3 is 2.74 bits per heavy atom. The summed E-state index contributed by atoms with van der Waals surface area (Å²) in [6, 6.07) is 3.40. The summed E-state index contributed by atoms with van der Waals surface area (Å²) in [6.07, 6.45) is 2.07. The van der Waals surface area contributed by atoms with E-state index in [1.54, 1.807) is 36.9 Å². The number of amides is 1. The molecule has 1 aromatic heterocycles. The van der Waals surface area contributed by atoms with Gasteiger partial charge in [0.25, 0.3) is 5.91 Å². The summed E-state index contributed by atoms with van der Waals surface area (Å²) >= 11 is 0. The first-order valence-corrected chi connectivity index (χ1v) is 6.14. The van der Waals surface area contributed by atoms with Crippen LogP contribution in [0.3, 0.4) is 0 Å². The van der Waals surface area contributed by atoms with Gasteiger partial charge in [0.2, 0.25) is 0 Å². The summed E-state index contributed by atoms with van der Waals surface area (Å²) in [5.74, 6) is -1.44. The second kappa shape index (κ2) is 6.38. The van der Waals surface area contributed by atoms with Crippen LogP contribution in [0, 0.1) is 0 Å². The Labute approximate surface area is 112 Å². The van der Waals surface area contributed by atoms with E-state index >= 15 is 0 Å². The Morgan fingerprint density at radius 1 is 1.53 bits per heavy atom. The zero-order valence-electron chi connectivity index (χ0n) is 11.5. The molecule has 1 aromatic rings. The molecular formula is C13H20N2O4. The topological polar surface area (TPSA) is 80.6 Å². The molecule has 2 N–H and O–H groups in total. The number of carbonyl (C=O) groups is 2. The molecule has 6 nitrogen and oxygen atoms in total. The van der Waals surface area contributed by atoms with E-state index in [2.05, 4.69) is 5.32 Å². The first-order chi connectivity index (χ1) is 8.94. The number of ether oxygens (including phenoxy) is 1. The van der Waals surface area contributed by atoms with Gasteiger partial charge in [0.05, 0.1) is 6.61 Å². The van der Waals surface area contributed by atoms with Crippen molar-refractivity contribution >= 4 is 11.9 Å². The molecule has 0 radical (unpaired) electrons. The molecule has 0 saturated carbocycles. The third-order valence-corrected chi connectivity index (χ3v) is 3.17. The fourth-order valence-corrected chi connectivity index (χ4v) is 1.61. The van der Waals surface area contributed by atoms with Gasteiger partial charge in [-0.05, 0) is 25.5 Å². The van der Waals surface area contributed by atoms with E-state index in [9.17, 15) is 9.59 Å². The van der Waals surface area contributed by atoms with Gasteiger partial charge in [0.1, 0.15) is 11.2 Å². The lowest BCUT2D eigenvalue weighted by Gasteiger charge is -2.24. The molecule has 0 fully saturated rings. The Hall–Kier alpha value is -1.82. The second-order valence-electron chi connectivity index (χ2n) is 4.52. The van der Waals surface area contributed by atoms with Crippen LogP contribution < -0.4 is 5.32 Å². The molecule has 0 aliphatic carbocycles. The van der Waals surface area contributed by atoms with Crippen LogP contribution in [0.4, 0.5) is 0 Å². The Kier molecular flexibility index (Phi) is 5.11. The number of carboxylic acids is 1. The molecule has 0 aliphatic heterocycles. The van der Waals surface area contributed by atoms with Crippen molar-refractivity contribution in [3.63, 3.8) is 0 Å². The van der Waals surface area contributed by atoms with Gasteiger partial charge in [-0.25, -0.2) is 4.79 Å². The van der Waals surface area contributed by atoms with Crippen LogP contribution >= 0.6 is 0 Å². The van der Waals surface area contributed by atoms with Crippen LogP contribution in [0.2, 0.25) is 0 Å². The Bertz CT molecular complexity index is 455. The average Bonchev–Trinajstić information content (AvgIpc) is 2.84. The average molecular weight is 268 g/mol. The quantitative estimate of drug-likeness (QED) is 0.776. The lowest BCUT2D eigenvalue weighted by Crippen LogP contribution is -2.52. The number of hydrogen-bond donors (Lipinski definition) is 2. The number of methoxy groups -OCH3 is 1. The van der Waals surface area contributed by atoms with Gasteiger partial charge in [-0.15, -0.1) is 0 Å². The normalized spacial score (nSPS) is 13.8. The summed E-state index contributed by atoms with van der Waals surface area (Å²) in [4.78, 5) is 23.3. The number of carboxylic acid groups (broad SMARTS) is 1. The summed E-state index contributed by atoms with van der Waals surface area (Å²) in [6.45, 7) is 4.25. The molecule has 19 heavy (non-hydrogen) atoms. The van der Waals surface area contributed by atoms with E-state index in [4.69, 9.17) is 9.84 Å². The third kappa shape index (κ3) is 3.57. The van der Waals surface area contributed by atoms with E-state index in [1.807, 2.05) is 0 Å². The number of nitrogens with zero attached hydrogens (tertiary/aromatic N) is 1. The summed E-state index contributed by atoms with van der Waals surface area (Å²) < 4.78 is 6.70. The number of rotatable bonds is 7. The van der Waals surface area contributed by atoms with Crippen molar-refractivity contribution in [3.05, 3.63) is 24.0 Å². The molecule has 0 spiro atoms. The lowest BCUT2D eigenvalue weighted by atomic mass is 9.99. The van der Waals surface area contributed by atoms with Gasteiger partial charge >= 0.3 is 5.97 Å². The van der Waals surface area contributed by atoms with Gasteiger partial charge in [0, 0.05) is 19.9 Å². The number of aromatic nitrogens is 1. The molecular weight excluding hydrogens is 248 g/mol. The molecule has 0 aromatic carbocycles. The van der Waals surface area contributed by atoms with E-state index in [-0.39, 0.29) is 0 Å². The van der Waals surface area contributed by atoms with Crippen molar-refractivity contribution in [1.29, 1.82) is 0 Å². The maximum absolute atomic E-state index is 12.1. The highest BCUT2D eigenvalue weighted by Crippen LogP contribution is 2.12. The van der Waals surface area contributed by atoms with Crippen LogP contribution in [-0.2, 0) is 16.1 Å². The molecule has 1 amide bonds. The van der Waals surface area contributed by atoms with Crippen LogP contribution in [0.1, 0.15) is 30.8 Å². The third-order valence-electron chi connectivity index (χ3n) is 3.17. The minimum Gasteiger partial charge on any atom is -0.480 e. The van der Waals surface area contributed by atoms with Gasteiger partial charge in [-0.3, -0.25) is 4.79 Å². The maximum atomic E-state index is 12.1. The van der Waals surface area contributed by atoms with Gasteiger partial charge in [-0.1, -0.05) is 6.92 Å². The van der Waals surface area contributed by atoms with Gasteiger partial charge in [-0.2, -0.15) is 0 Å². The zero-order valence-corrected chi connectivity index (χ0v) is 11.5. The fraction of sp³-hybridized carbons (Fsp3) is 0.538. The highest BCUT2D eigenvalue weighted by atomic mass is 16.5. The van der Waals surface area contributed by atoms with Crippen LogP contribution in [0.25, 0.3) is 0 Å². The standard InChI is InChI=1S/C13H20N2O4/c1-4-13(2,12(17)18)14-11(16)10-6-5-7-15(10)8-9-19-3/h5-7H,4,8-9H2,1-3H3,(H,14,16)(H,17,18). The fourth-order valence-electron chi connectivity index (χ4n) is 1.61. The van der Waals surface area contributed by atoms with Crippen molar-refractivity contribution in [1.82, 2.24) is 9.88 Å². The predicted octanol–water partition coefficient (Wildman–Crippen LogP) is 1.12. The SMILES string of the molecule is CCC(C)(NC(=O)c1cccn1CCOC)C(=O)O. The predicted molar refractivity (Wildman–Crippen MR) is 70.1 cm³/mol. The zero-order chi connectivity index (χ0) is 14.5. The van der Waals surface area contributed by atoms with Crippen LogP contribution in [0.15, 0.2) is 18.3 Å². The van der Waals surface area contributed by atoms with Gasteiger partial charge < -0.3 is 19.7 Å². The minimum absolute atomic E-state index is 0.312. The van der Waals surface area contributed by atoms with Crippen LogP contribution in [-0.4, -0.2) is 40.8 Å². The van der Waals surface area contributed by atoms with Crippen molar-refractivity contribution in [2.75, 3.05) is 13.7 Å². The second-order valence-corrected chi connectivity index (χ2v) is 4.52. The number of hydrogen-bond acceptors (Lipinski definition) is 3. The minimum atomic E-state index is -1.26.